The van der Waals surface area contributed by atoms with Crippen molar-refractivity contribution in [3.63, 3.8) is 0 Å². The maximum absolute atomic E-state index is 11.6. The Bertz CT molecular complexity index is 373. The van der Waals surface area contributed by atoms with Gasteiger partial charge in [0.05, 0.1) is 6.10 Å². The van der Waals surface area contributed by atoms with Crippen LogP contribution in [0, 0.1) is 29.6 Å². The average Bonchev–Trinajstić information content (AvgIpc) is 2.31. The monoisotopic (exact) mass is 278 g/mol. The second kappa shape index (κ2) is 5.50. The Hall–Kier alpha value is -0.860. The second-order valence-corrected chi connectivity index (χ2v) is 7.51. The van der Waals surface area contributed by atoms with Crippen molar-refractivity contribution < 1.29 is 14.3 Å². The Morgan fingerprint density at radius 1 is 1.05 bits per heavy atom. The van der Waals surface area contributed by atoms with Gasteiger partial charge in [-0.15, -0.1) is 0 Å². The molecule has 4 bridgehead atoms. The lowest BCUT2D eigenvalue weighted by atomic mass is 9.51. The van der Waals surface area contributed by atoms with E-state index in [1.165, 1.54) is 39.0 Å². The molecule has 4 saturated carbocycles. The maximum Gasteiger partial charge on any atom is 0.313 e. The van der Waals surface area contributed by atoms with E-state index in [9.17, 15) is 9.59 Å². The van der Waals surface area contributed by atoms with Gasteiger partial charge in [0.2, 0.25) is 0 Å². The Morgan fingerprint density at radius 2 is 1.60 bits per heavy atom. The Morgan fingerprint density at radius 3 is 2.10 bits per heavy atom. The fourth-order valence-corrected chi connectivity index (χ4v) is 5.32. The number of rotatable bonds is 5. The van der Waals surface area contributed by atoms with Gasteiger partial charge in [-0.2, -0.15) is 0 Å². The number of hydrogen-bond acceptors (Lipinski definition) is 3. The molecule has 112 valence electrons. The largest absolute Gasteiger partial charge is 0.462 e. The fraction of sp³-hybridized carbons (Fsp3) is 0.882. The number of esters is 1. The maximum atomic E-state index is 11.6. The number of Topliss-reactive ketones (excluding diaryl/α,β-unsaturated/α-hetero) is 1. The van der Waals surface area contributed by atoms with Crippen LogP contribution in [-0.2, 0) is 14.3 Å². The van der Waals surface area contributed by atoms with Crippen LogP contribution in [0.1, 0.15) is 58.8 Å². The molecule has 4 fully saturated rings. The highest BCUT2D eigenvalue weighted by molar-refractivity contribution is 5.94. The van der Waals surface area contributed by atoms with Gasteiger partial charge in [-0.25, -0.2) is 0 Å². The van der Waals surface area contributed by atoms with Crippen molar-refractivity contribution in [2.45, 2.75) is 64.9 Å². The van der Waals surface area contributed by atoms with Crippen molar-refractivity contribution in [1.82, 2.24) is 0 Å². The molecule has 0 aliphatic heterocycles. The number of carbonyl (C=O) groups excluding carboxylic acids is 2. The number of hydrogen-bond donors (Lipinski definition) is 0. The molecule has 3 nitrogen and oxygen atoms in total. The van der Waals surface area contributed by atoms with Gasteiger partial charge in [0, 0.05) is 0 Å². The molecular weight excluding hydrogens is 252 g/mol. The molecule has 0 saturated heterocycles. The van der Waals surface area contributed by atoms with Gasteiger partial charge in [0.25, 0.3) is 0 Å². The summed E-state index contributed by atoms with van der Waals surface area (Å²) < 4.78 is 5.41. The molecule has 0 aromatic rings. The summed E-state index contributed by atoms with van der Waals surface area (Å²) in [5.74, 6) is 4.02. The van der Waals surface area contributed by atoms with Gasteiger partial charge in [-0.05, 0) is 82.0 Å². The SMILES string of the molecule is CC(=O)CC(=O)OC(C)CC1C2CC3CC(C2)CC1C3. The zero-order valence-corrected chi connectivity index (χ0v) is 12.6. The highest BCUT2D eigenvalue weighted by Gasteiger charge is 2.48. The first-order chi connectivity index (χ1) is 9.51. The lowest BCUT2D eigenvalue weighted by Gasteiger charge is -2.55. The summed E-state index contributed by atoms with van der Waals surface area (Å²) in [5.41, 5.74) is 0. The molecule has 0 amide bonds. The molecule has 4 aliphatic rings. The van der Waals surface area contributed by atoms with Gasteiger partial charge < -0.3 is 4.74 Å². The van der Waals surface area contributed by atoms with E-state index in [0.717, 1.165) is 36.0 Å². The minimum absolute atomic E-state index is 0.0376. The summed E-state index contributed by atoms with van der Waals surface area (Å²) >= 11 is 0. The molecule has 3 heteroatoms. The molecule has 4 rings (SSSR count). The fourth-order valence-electron chi connectivity index (χ4n) is 5.32. The molecule has 20 heavy (non-hydrogen) atoms. The zero-order valence-electron chi connectivity index (χ0n) is 12.6. The minimum Gasteiger partial charge on any atom is -0.462 e. The molecule has 1 atom stereocenters. The quantitative estimate of drug-likeness (QED) is 0.572. The first-order valence-electron chi connectivity index (χ1n) is 8.20. The van der Waals surface area contributed by atoms with Crippen molar-refractivity contribution in [2.75, 3.05) is 0 Å². The van der Waals surface area contributed by atoms with Crippen molar-refractivity contribution >= 4 is 11.8 Å². The van der Waals surface area contributed by atoms with Crippen LogP contribution < -0.4 is 0 Å². The van der Waals surface area contributed by atoms with Gasteiger partial charge in [-0.1, -0.05) is 0 Å². The van der Waals surface area contributed by atoms with E-state index in [0.29, 0.717) is 0 Å². The summed E-state index contributed by atoms with van der Waals surface area (Å²) in [6.07, 6.45) is 7.99. The van der Waals surface area contributed by atoms with Crippen LogP contribution in [0.2, 0.25) is 0 Å². The summed E-state index contributed by atoms with van der Waals surface area (Å²) in [7, 11) is 0. The van der Waals surface area contributed by atoms with Crippen molar-refractivity contribution in [3.8, 4) is 0 Å². The summed E-state index contributed by atoms with van der Waals surface area (Å²) in [5, 5.41) is 0. The third kappa shape index (κ3) is 2.91. The standard InChI is InChI=1S/C17H26O3/c1-10(18)3-17(19)20-11(2)4-16-14-6-12-5-13(8-14)9-15(16)7-12/h11-16H,3-9H2,1-2H3. The van der Waals surface area contributed by atoms with Gasteiger partial charge in [-0.3, -0.25) is 9.59 Å². The highest BCUT2D eigenvalue weighted by atomic mass is 16.5. The molecule has 1 unspecified atom stereocenters. The van der Waals surface area contributed by atoms with E-state index in [1.54, 1.807) is 0 Å². The Balaban J connectivity index is 1.53. The number of carbonyl (C=O) groups is 2. The third-order valence-corrected chi connectivity index (χ3v) is 5.75. The minimum atomic E-state index is -0.353. The molecule has 0 radical (unpaired) electrons. The van der Waals surface area contributed by atoms with Crippen LogP contribution >= 0.6 is 0 Å². The highest BCUT2D eigenvalue weighted by Crippen LogP contribution is 2.57. The average molecular weight is 278 g/mol. The van der Waals surface area contributed by atoms with Gasteiger partial charge in [0.15, 0.2) is 0 Å². The van der Waals surface area contributed by atoms with E-state index in [-0.39, 0.29) is 24.3 Å². The Labute approximate surface area is 121 Å². The molecule has 0 spiro atoms. The lowest BCUT2D eigenvalue weighted by molar-refractivity contribution is -0.152. The van der Waals surface area contributed by atoms with Gasteiger partial charge in [0.1, 0.15) is 12.2 Å². The molecule has 0 aromatic heterocycles. The molecule has 0 heterocycles. The second-order valence-electron chi connectivity index (χ2n) is 7.51. The van der Waals surface area contributed by atoms with Crippen molar-refractivity contribution in [2.24, 2.45) is 29.6 Å². The van der Waals surface area contributed by atoms with Crippen molar-refractivity contribution in [3.05, 3.63) is 0 Å². The van der Waals surface area contributed by atoms with E-state index in [4.69, 9.17) is 4.74 Å². The first-order valence-corrected chi connectivity index (χ1v) is 8.20. The number of ether oxygens (including phenoxy) is 1. The lowest BCUT2D eigenvalue weighted by Crippen LogP contribution is -2.46. The van der Waals surface area contributed by atoms with Crippen LogP contribution in [-0.4, -0.2) is 17.9 Å². The first kappa shape index (κ1) is 14.1. The van der Waals surface area contributed by atoms with E-state index < -0.39 is 0 Å². The zero-order chi connectivity index (χ0) is 14.3. The van der Waals surface area contributed by atoms with Crippen LogP contribution in [0.15, 0.2) is 0 Å². The van der Waals surface area contributed by atoms with E-state index in [1.807, 2.05) is 6.92 Å². The molecular formula is C17H26O3. The summed E-state index contributed by atoms with van der Waals surface area (Å²) in [4.78, 5) is 22.5. The van der Waals surface area contributed by atoms with Crippen LogP contribution in [0.25, 0.3) is 0 Å². The molecule has 4 aliphatic carbocycles. The smallest absolute Gasteiger partial charge is 0.313 e. The topological polar surface area (TPSA) is 43.4 Å². The van der Waals surface area contributed by atoms with E-state index in [2.05, 4.69) is 0 Å². The predicted molar refractivity (Wildman–Crippen MR) is 76.0 cm³/mol. The third-order valence-electron chi connectivity index (χ3n) is 5.75. The summed E-state index contributed by atoms with van der Waals surface area (Å²) in [6, 6.07) is 0. The summed E-state index contributed by atoms with van der Waals surface area (Å²) in [6.45, 7) is 3.42. The Kier molecular flexibility index (Phi) is 3.87. The normalized spacial score (nSPS) is 39.6. The molecule has 0 aromatic carbocycles. The van der Waals surface area contributed by atoms with E-state index >= 15 is 0 Å². The van der Waals surface area contributed by atoms with Gasteiger partial charge >= 0.3 is 5.97 Å². The predicted octanol–water partition coefficient (Wildman–Crippen LogP) is 3.36. The number of ketones is 1. The van der Waals surface area contributed by atoms with Crippen LogP contribution in [0.5, 0.6) is 0 Å². The van der Waals surface area contributed by atoms with Crippen molar-refractivity contribution in [1.29, 1.82) is 0 Å². The van der Waals surface area contributed by atoms with Crippen LogP contribution in [0.3, 0.4) is 0 Å². The van der Waals surface area contributed by atoms with Crippen LogP contribution in [0.4, 0.5) is 0 Å². The molecule has 0 N–H and O–H groups in total.